The average molecular weight is 370 g/mol. The summed E-state index contributed by atoms with van der Waals surface area (Å²) in [6, 6.07) is 5.59. The fourth-order valence-electron chi connectivity index (χ4n) is 2.12. The second-order valence-corrected chi connectivity index (χ2v) is 7.28. The largest absolute Gasteiger partial charge is 0.458 e. The molecule has 0 atom stereocenters. The van der Waals surface area contributed by atoms with Gasteiger partial charge < -0.3 is 15.0 Å². The van der Waals surface area contributed by atoms with Gasteiger partial charge in [0, 0.05) is 12.0 Å². The van der Waals surface area contributed by atoms with Crippen molar-refractivity contribution in [3.8, 4) is 0 Å². The van der Waals surface area contributed by atoms with Gasteiger partial charge in [-0.25, -0.2) is 9.78 Å². The molecule has 0 amide bonds. The van der Waals surface area contributed by atoms with Gasteiger partial charge in [-0.05, 0) is 31.5 Å². The molecule has 0 bridgehead atoms. The van der Waals surface area contributed by atoms with Gasteiger partial charge in [-0.15, -0.1) is 0 Å². The fraction of sp³-hybridized carbons (Fsp3) is 0.412. The monoisotopic (exact) mass is 369 g/mol. The first-order valence-electron chi connectivity index (χ1n) is 7.64. The van der Waals surface area contributed by atoms with E-state index in [1.807, 2.05) is 12.1 Å². The van der Waals surface area contributed by atoms with Crippen molar-refractivity contribution in [3.05, 3.63) is 45.7 Å². The van der Waals surface area contributed by atoms with Gasteiger partial charge in [0.05, 0.1) is 22.3 Å². The number of carbonyl (C=O) groups excluding carboxylic acids is 1. The molecular formula is C17H21Cl2N3O2. The summed E-state index contributed by atoms with van der Waals surface area (Å²) in [4.78, 5) is 18.9. The quantitative estimate of drug-likeness (QED) is 0.725. The maximum atomic E-state index is 11.8. The molecule has 2 N–H and O–H groups in total. The highest BCUT2D eigenvalue weighted by Gasteiger charge is 2.22. The standard InChI is InChI=1S/C17H21Cl2N3O2/c1-10(2)24-15(23)14-8-20-16(22-14)21-9-17(3,4)11-5-6-12(18)13(19)7-11/h5-8,10H,9H2,1-4H3,(H2,20,21,22). The summed E-state index contributed by atoms with van der Waals surface area (Å²) >= 11 is 12.1. The number of imidazole rings is 1. The molecule has 24 heavy (non-hydrogen) atoms. The Bertz CT molecular complexity index is 726. The van der Waals surface area contributed by atoms with Gasteiger partial charge >= 0.3 is 5.97 Å². The van der Waals surface area contributed by atoms with E-state index in [0.717, 1.165) is 5.56 Å². The second kappa shape index (κ2) is 7.45. The van der Waals surface area contributed by atoms with Crippen molar-refractivity contribution < 1.29 is 9.53 Å². The molecule has 0 unspecified atom stereocenters. The summed E-state index contributed by atoms with van der Waals surface area (Å²) < 4.78 is 5.12. The Kier molecular flexibility index (Phi) is 5.78. The molecule has 0 spiro atoms. The van der Waals surface area contributed by atoms with Crippen molar-refractivity contribution in [2.24, 2.45) is 0 Å². The molecule has 0 radical (unpaired) electrons. The SMILES string of the molecule is CC(C)OC(=O)c1cnc(NCC(C)(C)c2ccc(Cl)c(Cl)c2)[nH]1. The van der Waals surface area contributed by atoms with Crippen molar-refractivity contribution >= 4 is 35.1 Å². The summed E-state index contributed by atoms with van der Waals surface area (Å²) in [7, 11) is 0. The lowest BCUT2D eigenvalue weighted by molar-refractivity contribution is 0.0371. The first-order valence-corrected chi connectivity index (χ1v) is 8.40. The smallest absolute Gasteiger partial charge is 0.356 e. The van der Waals surface area contributed by atoms with Crippen LogP contribution in [-0.4, -0.2) is 28.6 Å². The number of hydrogen-bond acceptors (Lipinski definition) is 4. The molecule has 0 aliphatic rings. The number of H-pyrrole nitrogens is 1. The van der Waals surface area contributed by atoms with E-state index in [-0.39, 0.29) is 11.5 Å². The van der Waals surface area contributed by atoms with Gasteiger partial charge in [-0.2, -0.15) is 0 Å². The third-order valence-electron chi connectivity index (χ3n) is 3.54. The Labute approximate surface area is 151 Å². The van der Waals surface area contributed by atoms with Crippen molar-refractivity contribution in [1.29, 1.82) is 0 Å². The van der Waals surface area contributed by atoms with Crippen LogP contribution >= 0.6 is 23.2 Å². The van der Waals surface area contributed by atoms with Gasteiger partial charge in [-0.1, -0.05) is 43.1 Å². The summed E-state index contributed by atoms with van der Waals surface area (Å²) in [6.45, 7) is 8.35. The van der Waals surface area contributed by atoms with Crippen LogP contribution in [-0.2, 0) is 10.2 Å². The van der Waals surface area contributed by atoms with Crippen LogP contribution in [0.3, 0.4) is 0 Å². The lowest BCUT2D eigenvalue weighted by Gasteiger charge is -2.26. The zero-order valence-electron chi connectivity index (χ0n) is 14.1. The second-order valence-electron chi connectivity index (χ2n) is 6.47. The summed E-state index contributed by atoms with van der Waals surface area (Å²) in [6.07, 6.45) is 1.28. The first kappa shape index (κ1) is 18.6. The number of nitrogens with zero attached hydrogens (tertiary/aromatic N) is 1. The van der Waals surface area contributed by atoms with E-state index in [9.17, 15) is 4.79 Å². The number of benzene rings is 1. The molecule has 0 fully saturated rings. The normalized spacial score (nSPS) is 11.6. The highest BCUT2D eigenvalue weighted by molar-refractivity contribution is 6.42. The van der Waals surface area contributed by atoms with Crippen LogP contribution in [0.15, 0.2) is 24.4 Å². The van der Waals surface area contributed by atoms with Crippen molar-refractivity contribution in [3.63, 3.8) is 0 Å². The van der Waals surface area contributed by atoms with E-state index in [4.69, 9.17) is 27.9 Å². The number of hydrogen-bond donors (Lipinski definition) is 2. The molecule has 0 aliphatic carbocycles. The molecule has 0 saturated heterocycles. The summed E-state index contributed by atoms with van der Waals surface area (Å²) in [5.41, 5.74) is 1.16. The number of esters is 1. The molecule has 1 heterocycles. The Hall–Kier alpha value is -1.72. The number of nitrogens with one attached hydrogen (secondary N) is 2. The average Bonchev–Trinajstić information content (AvgIpc) is 2.96. The van der Waals surface area contributed by atoms with Crippen molar-refractivity contribution in [2.45, 2.75) is 39.2 Å². The number of aromatic amines is 1. The molecule has 1 aromatic carbocycles. The lowest BCUT2D eigenvalue weighted by atomic mass is 9.84. The fourth-order valence-corrected chi connectivity index (χ4v) is 2.41. The molecule has 7 heteroatoms. The van der Waals surface area contributed by atoms with E-state index in [2.05, 4.69) is 29.1 Å². The Balaban J connectivity index is 2.03. The minimum Gasteiger partial charge on any atom is -0.458 e. The van der Waals surface area contributed by atoms with Crippen LogP contribution in [0.1, 0.15) is 43.7 Å². The molecular weight excluding hydrogens is 349 g/mol. The van der Waals surface area contributed by atoms with Gasteiger partial charge in [0.1, 0.15) is 5.69 Å². The minimum absolute atomic E-state index is 0.175. The highest BCUT2D eigenvalue weighted by Crippen LogP contribution is 2.30. The topological polar surface area (TPSA) is 67.0 Å². The van der Waals surface area contributed by atoms with Gasteiger partial charge in [-0.3, -0.25) is 0 Å². The molecule has 0 saturated carbocycles. The van der Waals surface area contributed by atoms with Gasteiger partial charge in [0.15, 0.2) is 0 Å². The van der Waals surface area contributed by atoms with Crippen molar-refractivity contribution in [2.75, 3.05) is 11.9 Å². The lowest BCUT2D eigenvalue weighted by Crippen LogP contribution is -2.28. The Morgan fingerprint density at radius 1 is 1.33 bits per heavy atom. The van der Waals surface area contributed by atoms with E-state index in [1.54, 1.807) is 19.9 Å². The minimum atomic E-state index is -0.422. The molecule has 5 nitrogen and oxygen atoms in total. The van der Waals surface area contributed by atoms with Crippen LogP contribution in [0.4, 0.5) is 5.95 Å². The third kappa shape index (κ3) is 4.65. The molecule has 1 aromatic heterocycles. The number of aromatic nitrogens is 2. The summed E-state index contributed by atoms with van der Waals surface area (Å²) in [5, 5.41) is 4.25. The molecule has 130 valence electrons. The van der Waals surface area contributed by atoms with Crippen molar-refractivity contribution in [1.82, 2.24) is 9.97 Å². The van der Waals surface area contributed by atoms with Gasteiger partial charge in [0.25, 0.3) is 0 Å². The predicted octanol–water partition coefficient (Wildman–Crippen LogP) is 4.67. The number of rotatable bonds is 6. The van der Waals surface area contributed by atoms with E-state index < -0.39 is 5.97 Å². The Morgan fingerprint density at radius 3 is 2.67 bits per heavy atom. The summed E-state index contributed by atoms with van der Waals surface area (Å²) in [5.74, 6) is 0.0909. The molecule has 2 aromatic rings. The zero-order valence-corrected chi connectivity index (χ0v) is 15.6. The highest BCUT2D eigenvalue weighted by atomic mass is 35.5. The first-order chi connectivity index (χ1) is 11.2. The molecule has 0 aliphatic heterocycles. The van der Waals surface area contributed by atoms with Crippen LogP contribution in [0, 0.1) is 0 Å². The van der Waals surface area contributed by atoms with E-state index >= 15 is 0 Å². The van der Waals surface area contributed by atoms with E-state index in [0.29, 0.717) is 28.2 Å². The molecule has 2 rings (SSSR count). The van der Waals surface area contributed by atoms with Crippen LogP contribution in [0.2, 0.25) is 10.0 Å². The maximum Gasteiger partial charge on any atom is 0.356 e. The third-order valence-corrected chi connectivity index (χ3v) is 4.28. The zero-order chi connectivity index (χ0) is 17.9. The number of ether oxygens (including phenoxy) is 1. The number of anilines is 1. The van der Waals surface area contributed by atoms with Crippen LogP contribution < -0.4 is 5.32 Å². The predicted molar refractivity (Wildman–Crippen MR) is 97.1 cm³/mol. The van der Waals surface area contributed by atoms with E-state index in [1.165, 1.54) is 6.20 Å². The van der Waals surface area contributed by atoms with Gasteiger partial charge in [0.2, 0.25) is 5.95 Å². The number of halogens is 2. The Morgan fingerprint density at radius 2 is 2.04 bits per heavy atom. The van der Waals surface area contributed by atoms with Crippen LogP contribution in [0.5, 0.6) is 0 Å². The number of carbonyl (C=O) groups is 1. The van der Waals surface area contributed by atoms with Crippen LogP contribution in [0.25, 0.3) is 0 Å². The maximum absolute atomic E-state index is 11.8.